The first-order valence-electron chi connectivity index (χ1n) is 5.79. The van der Waals surface area contributed by atoms with E-state index in [9.17, 15) is 8.42 Å². The first-order valence-corrected chi connectivity index (χ1v) is 7.89. The molecule has 0 aliphatic rings. The second-order valence-electron chi connectivity index (χ2n) is 4.25. The van der Waals surface area contributed by atoms with Gasteiger partial charge in [0, 0.05) is 10.9 Å². The SMILES string of the molecule is CCCC(COc1cccc(Cl)c1)CS(N)(=O)=O. The molecule has 0 radical (unpaired) electrons. The van der Waals surface area contributed by atoms with Crippen LogP contribution in [-0.2, 0) is 10.0 Å². The van der Waals surface area contributed by atoms with Crippen molar-refractivity contribution < 1.29 is 13.2 Å². The summed E-state index contributed by atoms with van der Waals surface area (Å²) in [7, 11) is -3.46. The molecule has 4 nitrogen and oxygen atoms in total. The molecule has 0 bridgehead atoms. The first-order chi connectivity index (χ1) is 8.40. The summed E-state index contributed by atoms with van der Waals surface area (Å²) in [5.74, 6) is 0.489. The van der Waals surface area contributed by atoms with Gasteiger partial charge in [0.25, 0.3) is 0 Å². The first kappa shape index (κ1) is 15.3. The third-order valence-corrected chi connectivity index (χ3v) is 3.62. The van der Waals surface area contributed by atoms with Gasteiger partial charge in [0.1, 0.15) is 5.75 Å². The monoisotopic (exact) mass is 291 g/mol. The molecular weight excluding hydrogens is 274 g/mol. The second-order valence-corrected chi connectivity index (χ2v) is 6.35. The van der Waals surface area contributed by atoms with Crippen LogP contribution in [0.5, 0.6) is 5.75 Å². The number of rotatable bonds is 7. The van der Waals surface area contributed by atoms with Crippen LogP contribution in [0.1, 0.15) is 19.8 Å². The van der Waals surface area contributed by atoms with E-state index in [2.05, 4.69) is 0 Å². The van der Waals surface area contributed by atoms with Crippen LogP contribution in [0.4, 0.5) is 0 Å². The van der Waals surface area contributed by atoms with Gasteiger partial charge in [0.05, 0.1) is 12.4 Å². The number of halogens is 1. The lowest BCUT2D eigenvalue weighted by Gasteiger charge is -2.16. The molecular formula is C12H18ClNO3S. The van der Waals surface area contributed by atoms with Gasteiger partial charge in [-0.2, -0.15) is 0 Å². The largest absolute Gasteiger partial charge is 0.493 e. The van der Waals surface area contributed by atoms with Crippen LogP contribution in [0.25, 0.3) is 0 Å². The Balaban J connectivity index is 2.57. The van der Waals surface area contributed by atoms with E-state index in [0.717, 1.165) is 12.8 Å². The van der Waals surface area contributed by atoms with Crippen molar-refractivity contribution >= 4 is 21.6 Å². The number of ether oxygens (including phenoxy) is 1. The summed E-state index contributed by atoms with van der Waals surface area (Å²) in [5.41, 5.74) is 0. The predicted octanol–water partition coefficient (Wildman–Crippen LogP) is 2.42. The minimum Gasteiger partial charge on any atom is -0.493 e. The van der Waals surface area contributed by atoms with Gasteiger partial charge in [-0.1, -0.05) is 31.0 Å². The maximum Gasteiger partial charge on any atom is 0.209 e. The van der Waals surface area contributed by atoms with Crippen molar-refractivity contribution in [2.75, 3.05) is 12.4 Å². The molecule has 18 heavy (non-hydrogen) atoms. The molecule has 0 heterocycles. The Morgan fingerprint density at radius 2 is 2.17 bits per heavy atom. The molecule has 6 heteroatoms. The Bertz CT molecular complexity index is 476. The fourth-order valence-corrected chi connectivity index (χ4v) is 2.82. The van der Waals surface area contributed by atoms with Gasteiger partial charge in [0.15, 0.2) is 0 Å². The smallest absolute Gasteiger partial charge is 0.209 e. The molecule has 0 aliphatic carbocycles. The summed E-state index contributed by atoms with van der Waals surface area (Å²) < 4.78 is 27.7. The van der Waals surface area contributed by atoms with Crippen LogP contribution in [0.2, 0.25) is 5.02 Å². The highest BCUT2D eigenvalue weighted by molar-refractivity contribution is 7.89. The summed E-state index contributed by atoms with van der Waals surface area (Å²) in [4.78, 5) is 0. The molecule has 0 fully saturated rings. The maximum atomic E-state index is 11.1. The van der Waals surface area contributed by atoms with E-state index < -0.39 is 10.0 Å². The molecule has 0 aromatic heterocycles. The standard InChI is InChI=1S/C12H18ClNO3S/c1-2-4-10(9-18(14,15)16)8-17-12-6-3-5-11(13)7-12/h3,5-7,10H,2,4,8-9H2,1H3,(H2,14,15,16). The molecule has 0 saturated carbocycles. The van der Waals surface area contributed by atoms with E-state index in [0.29, 0.717) is 17.4 Å². The molecule has 1 aromatic rings. The van der Waals surface area contributed by atoms with Gasteiger partial charge in [0.2, 0.25) is 10.0 Å². The van der Waals surface area contributed by atoms with E-state index in [1.807, 2.05) is 6.92 Å². The van der Waals surface area contributed by atoms with Crippen molar-refractivity contribution in [3.8, 4) is 5.75 Å². The number of benzene rings is 1. The van der Waals surface area contributed by atoms with Crippen LogP contribution in [-0.4, -0.2) is 20.8 Å². The molecule has 102 valence electrons. The number of nitrogens with two attached hydrogens (primary N) is 1. The maximum absolute atomic E-state index is 11.1. The Hall–Kier alpha value is -0.780. The molecule has 0 spiro atoms. The lowest BCUT2D eigenvalue weighted by Crippen LogP contribution is -2.26. The Morgan fingerprint density at radius 3 is 2.72 bits per heavy atom. The Kier molecular flexibility index (Phi) is 5.91. The Labute approximate surface area is 113 Å². The average Bonchev–Trinajstić information content (AvgIpc) is 2.24. The number of hydrogen-bond acceptors (Lipinski definition) is 3. The number of sulfonamides is 1. The quantitative estimate of drug-likeness (QED) is 0.839. The van der Waals surface area contributed by atoms with Gasteiger partial charge in [-0.25, -0.2) is 13.6 Å². The minimum atomic E-state index is -3.46. The van der Waals surface area contributed by atoms with Crippen LogP contribution in [0, 0.1) is 5.92 Å². The van der Waals surface area contributed by atoms with E-state index in [1.54, 1.807) is 24.3 Å². The molecule has 1 rings (SSSR count). The van der Waals surface area contributed by atoms with E-state index >= 15 is 0 Å². The van der Waals surface area contributed by atoms with Crippen LogP contribution in [0.3, 0.4) is 0 Å². The second kappa shape index (κ2) is 6.97. The third-order valence-electron chi connectivity index (χ3n) is 2.45. The fourth-order valence-electron chi connectivity index (χ4n) is 1.72. The zero-order valence-electron chi connectivity index (χ0n) is 10.3. The normalized spacial score (nSPS) is 13.3. The summed E-state index contributed by atoms with van der Waals surface area (Å²) in [6, 6.07) is 7.02. The van der Waals surface area contributed by atoms with Crippen LogP contribution in [0.15, 0.2) is 24.3 Å². The highest BCUT2D eigenvalue weighted by atomic mass is 35.5. The van der Waals surface area contributed by atoms with Gasteiger partial charge >= 0.3 is 0 Å². The summed E-state index contributed by atoms with van der Waals surface area (Å²) >= 11 is 5.83. The zero-order valence-corrected chi connectivity index (χ0v) is 11.9. The summed E-state index contributed by atoms with van der Waals surface area (Å²) in [6.07, 6.45) is 1.65. The van der Waals surface area contributed by atoms with Crippen molar-refractivity contribution in [1.29, 1.82) is 0 Å². The fraction of sp³-hybridized carbons (Fsp3) is 0.500. The van der Waals surface area contributed by atoms with Gasteiger partial charge in [-0.3, -0.25) is 0 Å². The Morgan fingerprint density at radius 1 is 1.44 bits per heavy atom. The highest BCUT2D eigenvalue weighted by Crippen LogP contribution is 2.19. The molecule has 0 saturated heterocycles. The average molecular weight is 292 g/mol. The molecule has 1 aromatic carbocycles. The summed E-state index contributed by atoms with van der Waals surface area (Å²) in [5, 5.41) is 5.64. The van der Waals surface area contributed by atoms with Gasteiger partial charge < -0.3 is 4.74 Å². The van der Waals surface area contributed by atoms with E-state index in [-0.39, 0.29) is 11.7 Å². The zero-order chi connectivity index (χ0) is 13.6. The van der Waals surface area contributed by atoms with Crippen LogP contribution >= 0.6 is 11.6 Å². The third kappa shape index (κ3) is 6.23. The lowest BCUT2D eigenvalue weighted by atomic mass is 10.1. The van der Waals surface area contributed by atoms with Gasteiger partial charge in [-0.05, 0) is 24.6 Å². The topological polar surface area (TPSA) is 69.4 Å². The van der Waals surface area contributed by atoms with Crippen LogP contribution < -0.4 is 9.88 Å². The predicted molar refractivity (Wildman–Crippen MR) is 73.3 cm³/mol. The van der Waals surface area contributed by atoms with Gasteiger partial charge in [-0.15, -0.1) is 0 Å². The van der Waals surface area contributed by atoms with Crippen molar-refractivity contribution in [2.45, 2.75) is 19.8 Å². The van der Waals surface area contributed by atoms with Crippen molar-refractivity contribution in [3.05, 3.63) is 29.3 Å². The molecule has 1 unspecified atom stereocenters. The summed E-state index contributed by atoms with van der Waals surface area (Å²) in [6.45, 7) is 2.32. The highest BCUT2D eigenvalue weighted by Gasteiger charge is 2.16. The van der Waals surface area contributed by atoms with E-state index in [1.165, 1.54) is 0 Å². The van der Waals surface area contributed by atoms with Crippen molar-refractivity contribution in [2.24, 2.45) is 11.1 Å². The minimum absolute atomic E-state index is 0.0542. The lowest BCUT2D eigenvalue weighted by molar-refractivity contribution is 0.252. The van der Waals surface area contributed by atoms with E-state index in [4.69, 9.17) is 21.5 Å². The number of primary sulfonamides is 1. The number of hydrogen-bond donors (Lipinski definition) is 1. The molecule has 1 atom stereocenters. The van der Waals surface area contributed by atoms with Crippen molar-refractivity contribution in [3.63, 3.8) is 0 Å². The van der Waals surface area contributed by atoms with Crippen molar-refractivity contribution in [1.82, 2.24) is 0 Å². The molecule has 0 aliphatic heterocycles. The molecule has 0 amide bonds. The molecule has 2 N–H and O–H groups in total.